The van der Waals surface area contributed by atoms with Crippen LogP contribution in [-0.2, 0) is 0 Å². The minimum absolute atomic E-state index is 0.328. The van der Waals surface area contributed by atoms with Crippen LogP contribution < -0.4 is 4.74 Å². The molecule has 18 heavy (non-hydrogen) atoms. The predicted octanol–water partition coefficient (Wildman–Crippen LogP) is 2.79. The van der Waals surface area contributed by atoms with E-state index in [-0.39, 0.29) is 11.6 Å². The fraction of sp³-hybridized carbons (Fsp3) is 0.0714. The van der Waals surface area contributed by atoms with E-state index >= 15 is 0 Å². The monoisotopic (exact) mass is 246 g/mol. The molecule has 0 fully saturated rings. The molecule has 2 rings (SSSR count). The van der Waals surface area contributed by atoms with Gasteiger partial charge in [-0.3, -0.25) is 4.79 Å². The molecule has 0 heterocycles. The Morgan fingerprint density at radius 1 is 1.00 bits per heavy atom. The summed E-state index contributed by atoms with van der Waals surface area (Å²) >= 11 is 0. The number of halogens is 1. The molecule has 0 saturated carbocycles. The van der Waals surface area contributed by atoms with E-state index in [0.29, 0.717) is 17.1 Å². The van der Waals surface area contributed by atoms with Gasteiger partial charge in [-0.1, -0.05) is 0 Å². The van der Waals surface area contributed by atoms with Gasteiger partial charge >= 0.3 is 0 Å². The summed E-state index contributed by atoms with van der Waals surface area (Å²) in [6.07, 6.45) is 0. The molecule has 0 spiro atoms. The van der Waals surface area contributed by atoms with E-state index in [1.54, 1.807) is 24.3 Å². The third-order valence-electron chi connectivity index (χ3n) is 2.37. The number of rotatable bonds is 4. The smallest absolute Gasteiger partial charge is 0.188 e. The van der Waals surface area contributed by atoms with Crippen molar-refractivity contribution in [3.63, 3.8) is 0 Å². The molecule has 92 valence electrons. The molecule has 1 N–H and O–H groups in total. The van der Waals surface area contributed by atoms with Crippen molar-refractivity contribution in [2.45, 2.75) is 0 Å². The molecular formula is C14H11FO3. The summed E-state index contributed by atoms with van der Waals surface area (Å²) in [5.41, 5.74) is 0.420. The highest BCUT2D eigenvalue weighted by Crippen LogP contribution is 2.21. The van der Waals surface area contributed by atoms with Crippen molar-refractivity contribution in [3.05, 3.63) is 59.9 Å². The first-order valence-corrected chi connectivity index (χ1v) is 5.36. The molecule has 0 amide bonds. The number of hydrogen-bond donors (Lipinski definition) is 1. The van der Waals surface area contributed by atoms with Crippen molar-refractivity contribution in [3.8, 4) is 11.5 Å². The second-order valence-corrected chi connectivity index (χ2v) is 3.66. The number of ether oxygens (including phenoxy) is 1. The van der Waals surface area contributed by atoms with E-state index in [2.05, 4.69) is 0 Å². The van der Waals surface area contributed by atoms with E-state index in [1.165, 1.54) is 24.3 Å². The Kier molecular flexibility index (Phi) is 3.69. The third kappa shape index (κ3) is 2.93. The molecule has 0 bridgehead atoms. The zero-order valence-corrected chi connectivity index (χ0v) is 9.47. The fourth-order valence-electron chi connectivity index (χ4n) is 1.44. The van der Waals surface area contributed by atoms with Crippen LogP contribution in [0.5, 0.6) is 11.5 Å². The zero-order valence-electron chi connectivity index (χ0n) is 9.47. The van der Waals surface area contributed by atoms with Crippen molar-refractivity contribution >= 4 is 5.78 Å². The number of hydrogen-bond acceptors (Lipinski definition) is 3. The first-order chi connectivity index (χ1) is 8.69. The summed E-state index contributed by atoms with van der Waals surface area (Å²) in [5.74, 6) is 0.378. The van der Waals surface area contributed by atoms with Crippen molar-refractivity contribution < 1.29 is 19.0 Å². The van der Waals surface area contributed by atoms with E-state index in [4.69, 9.17) is 9.84 Å². The van der Waals surface area contributed by atoms with Crippen LogP contribution in [0.2, 0.25) is 0 Å². The molecule has 0 unspecified atom stereocenters. The lowest BCUT2D eigenvalue weighted by Crippen LogP contribution is -2.03. The molecule has 0 aliphatic carbocycles. The summed E-state index contributed by atoms with van der Waals surface area (Å²) in [5, 5.41) is 8.70. The Morgan fingerprint density at radius 2 is 1.50 bits per heavy atom. The van der Waals surface area contributed by atoms with E-state index in [1.807, 2.05) is 0 Å². The summed E-state index contributed by atoms with van der Waals surface area (Å²) in [6.45, 7) is -0.516. The Hall–Kier alpha value is -2.20. The lowest BCUT2D eigenvalue weighted by Gasteiger charge is -2.06. The van der Waals surface area contributed by atoms with Gasteiger partial charge in [0.2, 0.25) is 0 Å². The molecule has 4 heteroatoms. The lowest BCUT2D eigenvalue weighted by molar-refractivity contribution is 0.0903. The zero-order chi connectivity index (χ0) is 13.0. The van der Waals surface area contributed by atoms with Gasteiger partial charge in [-0.2, -0.15) is 0 Å². The molecule has 0 aliphatic heterocycles. The fourth-order valence-corrected chi connectivity index (χ4v) is 1.44. The molecule has 0 aromatic heterocycles. The van der Waals surface area contributed by atoms with Crippen LogP contribution in [0.15, 0.2) is 48.5 Å². The molecule has 3 nitrogen and oxygen atoms in total. The SMILES string of the molecule is O=C(CO)c1ccc(Oc2ccc(F)cc2)cc1. The van der Waals surface area contributed by atoms with Crippen LogP contribution in [0, 0.1) is 5.82 Å². The molecule has 0 atom stereocenters. The van der Waals surface area contributed by atoms with Crippen molar-refractivity contribution in [1.82, 2.24) is 0 Å². The van der Waals surface area contributed by atoms with Gasteiger partial charge in [0.15, 0.2) is 5.78 Å². The normalized spacial score (nSPS) is 10.1. The summed E-state index contributed by atoms with van der Waals surface area (Å²) in [4.78, 5) is 11.2. The lowest BCUT2D eigenvalue weighted by atomic mass is 10.1. The number of aliphatic hydroxyl groups excluding tert-OH is 1. The van der Waals surface area contributed by atoms with Crippen LogP contribution in [0.4, 0.5) is 4.39 Å². The number of ketones is 1. The second-order valence-electron chi connectivity index (χ2n) is 3.66. The molecule has 0 radical (unpaired) electrons. The minimum atomic E-state index is -0.516. The summed E-state index contributed by atoms with van der Waals surface area (Å²) < 4.78 is 18.2. The van der Waals surface area contributed by atoms with Gasteiger partial charge in [0.25, 0.3) is 0 Å². The van der Waals surface area contributed by atoms with Gasteiger partial charge in [0.1, 0.15) is 23.9 Å². The highest BCUT2D eigenvalue weighted by Gasteiger charge is 2.04. The Balaban J connectivity index is 2.10. The molecule has 0 aliphatic rings. The molecular weight excluding hydrogens is 235 g/mol. The van der Waals surface area contributed by atoms with E-state index in [0.717, 1.165) is 0 Å². The summed E-state index contributed by atoms with van der Waals surface area (Å²) in [7, 11) is 0. The first kappa shape index (κ1) is 12.3. The maximum Gasteiger partial charge on any atom is 0.188 e. The number of carbonyl (C=O) groups is 1. The molecule has 0 saturated heterocycles. The molecule has 2 aromatic rings. The van der Waals surface area contributed by atoms with Crippen molar-refractivity contribution in [2.75, 3.05) is 6.61 Å². The van der Waals surface area contributed by atoms with Crippen LogP contribution in [0.3, 0.4) is 0 Å². The Morgan fingerprint density at radius 3 is 2.00 bits per heavy atom. The topological polar surface area (TPSA) is 46.5 Å². The van der Waals surface area contributed by atoms with E-state index in [9.17, 15) is 9.18 Å². The number of carbonyl (C=O) groups excluding carboxylic acids is 1. The second kappa shape index (κ2) is 5.42. The Bertz CT molecular complexity index is 532. The largest absolute Gasteiger partial charge is 0.457 e. The maximum absolute atomic E-state index is 12.7. The van der Waals surface area contributed by atoms with Crippen LogP contribution in [0.1, 0.15) is 10.4 Å². The van der Waals surface area contributed by atoms with Gasteiger partial charge in [-0.05, 0) is 48.5 Å². The Labute approximate surface area is 103 Å². The maximum atomic E-state index is 12.7. The third-order valence-corrected chi connectivity index (χ3v) is 2.37. The number of Topliss-reactive ketones (excluding diaryl/α,β-unsaturated/α-hetero) is 1. The van der Waals surface area contributed by atoms with Gasteiger partial charge in [0.05, 0.1) is 0 Å². The van der Waals surface area contributed by atoms with Crippen molar-refractivity contribution in [1.29, 1.82) is 0 Å². The quantitative estimate of drug-likeness (QED) is 0.844. The summed E-state index contributed by atoms with van der Waals surface area (Å²) in [6, 6.07) is 12.0. The van der Waals surface area contributed by atoms with Crippen LogP contribution in [0.25, 0.3) is 0 Å². The predicted molar refractivity (Wildman–Crippen MR) is 64.3 cm³/mol. The molecule has 2 aromatic carbocycles. The first-order valence-electron chi connectivity index (χ1n) is 5.36. The number of benzene rings is 2. The highest BCUT2D eigenvalue weighted by atomic mass is 19.1. The van der Waals surface area contributed by atoms with Gasteiger partial charge < -0.3 is 9.84 Å². The van der Waals surface area contributed by atoms with Crippen LogP contribution in [-0.4, -0.2) is 17.5 Å². The van der Waals surface area contributed by atoms with Crippen molar-refractivity contribution in [2.24, 2.45) is 0 Å². The van der Waals surface area contributed by atoms with Gasteiger partial charge in [0, 0.05) is 5.56 Å². The van der Waals surface area contributed by atoms with Crippen LogP contribution >= 0.6 is 0 Å². The average Bonchev–Trinajstić information content (AvgIpc) is 2.41. The van der Waals surface area contributed by atoms with Gasteiger partial charge in [-0.15, -0.1) is 0 Å². The number of aliphatic hydroxyl groups is 1. The highest BCUT2D eigenvalue weighted by molar-refractivity contribution is 5.96. The van der Waals surface area contributed by atoms with E-state index < -0.39 is 6.61 Å². The van der Waals surface area contributed by atoms with Gasteiger partial charge in [-0.25, -0.2) is 4.39 Å². The average molecular weight is 246 g/mol. The minimum Gasteiger partial charge on any atom is -0.457 e. The standard InChI is InChI=1S/C14H11FO3/c15-11-3-7-13(8-4-11)18-12-5-1-10(2-6-12)14(17)9-16/h1-8,16H,9H2.